The van der Waals surface area contributed by atoms with E-state index in [1.807, 2.05) is 18.2 Å². The Morgan fingerprint density at radius 3 is 2.44 bits per heavy atom. The molecule has 0 saturated carbocycles. The minimum atomic E-state index is -0.211. The van der Waals surface area contributed by atoms with E-state index in [1.54, 1.807) is 14.2 Å². The van der Waals surface area contributed by atoms with Crippen LogP contribution in [0.1, 0.15) is 26.3 Å². The van der Waals surface area contributed by atoms with Crippen molar-refractivity contribution in [1.82, 2.24) is 5.32 Å². The van der Waals surface area contributed by atoms with Gasteiger partial charge in [-0.25, -0.2) is 0 Å². The Hall–Kier alpha value is -1.06. The quantitative estimate of drug-likeness (QED) is 0.808. The molecule has 1 aromatic carbocycles. The predicted molar refractivity (Wildman–Crippen MR) is 75.3 cm³/mol. The smallest absolute Gasteiger partial charge is 0.122 e. The summed E-state index contributed by atoms with van der Waals surface area (Å²) >= 11 is 0. The number of hydrogen-bond acceptors (Lipinski definition) is 3. The van der Waals surface area contributed by atoms with Gasteiger partial charge in [-0.2, -0.15) is 0 Å². The molecular formula is C15H25NO2. The van der Waals surface area contributed by atoms with Gasteiger partial charge in [-0.05, 0) is 38.4 Å². The van der Waals surface area contributed by atoms with Gasteiger partial charge in [0.2, 0.25) is 0 Å². The van der Waals surface area contributed by atoms with Crippen LogP contribution in [0.25, 0.3) is 0 Å². The summed E-state index contributed by atoms with van der Waals surface area (Å²) in [5.74, 6) is 0.937. The standard InChI is InChI=1S/C15H25NO2/c1-6-16-14(15(2,3)18-5)11-12-9-7-8-10-13(12)17-4/h7-10,14,16H,6,11H2,1-5H3. The number of methoxy groups -OCH3 is 2. The molecule has 18 heavy (non-hydrogen) atoms. The molecule has 102 valence electrons. The summed E-state index contributed by atoms with van der Waals surface area (Å²) in [5, 5.41) is 3.49. The summed E-state index contributed by atoms with van der Waals surface area (Å²) < 4.78 is 11.0. The molecule has 3 nitrogen and oxygen atoms in total. The van der Waals surface area contributed by atoms with Gasteiger partial charge in [0.05, 0.1) is 12.7 Å². The Kier molecular flexibility index (Phi) is 5.63. The van der Waals surface area contributed by atoms with Gasteiger partial charge in [0, 0.05) is 13.2 Å². The second-order valence-corrected chi connectivity index (χ2v) is 4.93. The lowest BCUT2D eigenvalue weighted by molar-refractivity contribution is -0.00971. The third-order valence-corrected chi connectivity index (χ3v) is 3.43. The van der Waals surface area contributed by atoms with E-state index in [1.165, 1.54) is 5.56 Å². The Morgan fingerprint density at radius 1 is 1.22 bits per heavy atom. The predicted octanol–water partition coefficient (Wildman–Crippen LogP) is 2.64. The highest BCUT2D eigenvalue weighted by molar-refractivity contribution is 5.34. The van der Waals surface area contributed by atoms with Crippen molar-refractivity contribution < 1.29 is 9.47 Å². The Bertz CT molecular complexity index is 363. The van der Waals surface area contributed by atoms with E-state index in [0.717, 1.165) is 18.7 Å². The number of ether oxygens (including phenoxy) is 2. The van der Waals surface area contributed by atoms with Crippen LogP contribution in [-0.4, -0.2) is 32.4 Å². The molecule has 1 unspecified atom stereocenters. The average molecular weight is 251 g/mol. The Balaban J connectivity index is 2.89. The van der Waals surface area contributed by atoms with E-state index in [-0.39, 0.29) is 11.6 Å². The summed E-state index contributed by atoms with van der Waals surface area (Å²) in [6.45, 7) is 7.25. The second kappa shape index (κ2) is 6.76. The van der Waals surface area contributed by atoms with Gasteiger partial charge in [0.25, 0.3) is 0 Å². The van der Waals surface area contributed by atoms with E-state index in [0.29, 0.717) is 0 Å². The van der Waals surface area contributed by atoms with Crippen molar-refractivity contribution in [3.8, 4) is 5.75 Å². The zero-order chi connectivity index (χ0) is 13.6. The molecule has 0 aromatic heterocycles. The number of likely N-dealkylation sites (N-methyl/N-ethyl adjacent to an activating group) is 1. The lowest BCUT2D eigenvalue weighted by Crippen LogP contribution is -2.49. The van der Waals surface area contributed by atoms with Crippen molar-refractivity contribution >= 4 is 0 Å². The molecule has 0 spiro atoms. The van der Waals surface area contributed by atoms with Crippen LogP contribution in [0.5, 0.6) is 5.75 Å². The van der Waals surface area contributed by atoms with E-state index in [2.05, 4.69) is 32.2 Å². The van der Waals surface area contributed by atoms with Gasteiger partial charge in [0.15, 0.2) is 0 Å². The van der Waals surface area contributed by atoms with Crippen molar-refractivity contribution in [2.45, 2.75) is 38.8 Å². The second-order valence-electron chi connectivity index (χ2n) is 4.93. The molecule has 1 atom stereocenters. The van der Waals surface area contributed by atoms with Crippen LogP contribution < -0.4 is 10.1 Å². The number of para-hydroxylation sites is 1. The average Bonchev–Trinajstić information content (AvgIpc) is 2.38. The number of hydrogen-bond donors (Lipinski definition) is 1. The van der Waals surface area contributed by atoms with Gasteiger partial charge in [0.1, 0.15) is 5.75 Å². The van der Waals surface area contributed by atoms with E-state index in [9.17, 15) is 0 Å². The fourth-order valence-electron chi connectivity index (χ4n) is 2.04. The first-order valence-electron chi connectivity index (χ1n) is 6.45. The van der Waals surface area contributed by atoms with Gasteiger partial charge >= 0.3 is 0 Å². The van der Waals surface area contributed by atoms with E-state index < -0.39 is 0 Å². The molecule has 1 N–H and O–H groups in total. The Morgan fingerprint density at radius 2 is 1.89 bits per heavy atom. The largest absolute Gasteiger partial charge is 0.496 e. The maximum Gasteiger partial charge on any atom is 0.122 e. The Labute approximate surface area is 110 Å². The van der Waals surface area contributed by atoms with Gasteiger partial charge in [-0.3, -0.25) is 0 Å². The summed E-state index contributed by atoms with van der Waals surface area (Å²) in [7, 11) is 3.47. The highest BCUT2D eigenvalue weighted by atomic mass is 16.5. The fourth-order valence-corrected chi connectivity index (χ4v) is 2.04. The van der Waals surface area contributed by atoms with Crippen LogP contribution in [0.4, 0.5) is 0 Å². The molecule has 0 radical (unpaired) electrons. The lowest BCUT2D eigenvalue weighted by Gasteiger charge is -2.34. The fraction of sp³-hybridized carbons (Fsp3) is 0.600. The minimum Gasteiger partial charge on any atom is -0.496 e. The van der Waals surface area contributed by atoms with Crippen LogP contribution >= 0.6 is 0 Å². The number of rotatable bonds is 7. The van der Waals surface area contributed by atoms with E-state index >= 15 is 0 Å². The maximum atomic E-state index is 5.59. The number of nitrogens with one attached hydrogen (secondary N) is 1. The van der Waals surface area contributed by atoms with Gasteiger partial charge in [-0.1, -0.05) is 25.1 Å². The molecule has 0 bridgehead atoms. The SMILES string of the molecule is CCNC(Cc1ccccc1OC)C(C)(C)OC. The lowest BCUT2D eigenvalue weighted by atomic mass is 9.91. The third-order valence-electron chi connectivity index (χ3n) is 3.43. The molecule has 3 heteroatoms. The number of benzene rings is 1. The molecule has 0 fully saturated rings. The summed E-state index contributed by atoms with van der Waals surface area (Å²) in [6, 6.07) is 8.39. The van der Waals surface area contributed by atoms with Crippen LogP contribution in [0, 0.1) is 0 Å². The normalized spacial score (nSPS) is 13.4. The molecule has 1 rings (SSSR count). The molecule has 0 saturated heterocycles. The maximum absolute atomic E-state index is 5.59. The summed E-state index contributed by atoms with van der Waals surface area (Å²) in [5.41, 5.74) is 0.993. The molecule has 0 aliphatic rings. The highest BCUT2D eigenvalue weighted by Gasteiger charge is 2.29. The minimum absolute atomic E-state index is 0.211. The van der Waals surface area contributed by atoms with Crippen LogP contribution in [0.3, 0.4) is 0 Å². The van der Waals surface area contributed by atoms with Crippen LogP contribution in [0.2, 0.25) is 0 Å². The van der Waals surface area contributed by atoms with Crippen molar-refractivity contribution in [3.63, 3.8) is 0 Å². The molecule has 0 aliphatic heterocycles. The molecule has 0 amide bonds. The van der Waals surface area contributed by atoms with Gasteiger partial charge < -0.3 is 14.8 Å². The van der Waals surface area contributed by atoms with Crippen molar-refractivity contribution in [3.05, 3.63) is 29.8 Å². The summed E-state index contributed by atoms with van der Waals surface area (Å²) in [6.07, 6.45) is 0.888. The zero-order valence-corrected chi connectivity index (χ0v) is 12.1. The van der Waals surface area contributed by atoms with Crippen LogP contribution in [0.15, 0.2) is 24.3 Å². The van der Waals surface area contributed by atoms with E-state index in [4.69, 9.17) is 9.47 Å². The zero-order valence-electron chi connectivity index (χ0n) is 12.1. The highest BCUT2D eigenvalue weighted by Crippen LogP contribution is 2.23. The first-order chi connectivity index (χ1) is 8.55. The van der Waals surface area contributed by atoms with Crippen molar-refractivity contribution in [2.75, 3.05) is 20.8 Å². The third kappa shape index (κ3) is 3.72. The first-order valence-corrected chi connectivity index (χ1v) is 6.45. The molecule has 1 aromatic rings. The molecule has 0 aliphatic carbocycles. The van der Waals surface area contributed by atoms with Gasteiger partial charge in [-0.15, -0.1) is 0 Å². The summed E-state index contributed by atoms with van der Waals surface area (Å²) in [4.78, 5) is 0. The molecular weight excluding hydrogens is 226 g/mol. The van der Waals surface area contributed by atoms with Crippen molar-refractivity contribution in [1.29, 1.82) is 0 Å². The monoisotopic (exact) mass is 251 g/mol. The van der Waals surface area contributed by atoms with Crippen LogP contribution in [-0.2, 0) is 11.2 Å². The molecule has 0 heterocycles. The first kappa shape index (κ1) is 15.0. The van der Waals surface area contributed by atoms with Crippen molar-refractivity contribution in [2.24, 2.45) is 0 Å². The topological polar surface area (TPSA) is 30.5 Å².